The summed E-state index contributed by atoms with van der Waals surface area (Å²) in [6, 6.07) is 64.2. The maximum Gasteiger partial charge on any atom is 0.160 e. The molecule has 0 aliphatic heterocycles. The number of benzene rings is 5. The fraction of sp³-hybridized carbons (Fsp3) is 0. The van der Waals surface area contributed by atoms with Crippen LogP contribution in [0.2, 0.25) is 0 Å². The van der Waals surface area contributed by atoms with Crippen molar-refractivity contribution in [1.29, 1.82) is 0 Å². The van der Waals surface area contributed by atoms with E-state index < -0.39 is 0 Å². The number of aromatic nitrogens is 5. The predicted octanol–water partition coefficient (Wildman–Crippen LogP) is 12.0. The summed E-state index contributed by atoms with van der Waals surface area (Å²) >= 11 is 0. The standard InChI is InChI=1S/C49H33N5/c1-4-13-34(14-5-1)42-30-47(43-21-10-11-28-50-43)52-48(31-42)44-27-26-41(33-51-44)36-24-22-35(23-25-36)39-19-12-20-40(29-39)49-53-45(37-15-6-2-7-16-37)32-46(54-49)38-17-8-3-9-18-38/h1-33H. The SMILES string of the molecule is c1ccc(-c2cc(-c3ccccn3)nc(-c3ccc(-c4ccc(-c5cccc(-c6nc(-c7ccccc7)cc(-c7ccccc7)n6)c5)cc4)cn3)c2)cc1. The third-order valence-corrected chi connectivity index (χ3v) is 9.42. The van der Waals surface area contributed by atoms with Crippen molar-refractivity contribution in [3.63, 3.8) is 0 Å². The molecule has 0 saturated carbocycles. The first-order valence-corrected chi connectivity index (χ1v) is 17.9. The number of nitrogens with zero attached hydrogens (tertiary/aromatic N) is 5. The van der Waals surface area contributed by atoms with Crippen molar-refractivity contribution in [3.05, 3.63) is 200 Å². The van der Waals surface area contributed by atoms with E-state index in [1.54, 1.807) is 6.20 Å². The van der Waals surface area contributed by atoms with E-state index >= 15 is 0 Å². The molecule has 254 valence electrons. The van der Waals surface area contributed by atoms with Crippen molar-refractivity contribution in [3.8, 4) is 90.1 Å². The molecule has 0 fully saturated rings. The minimum absolute atomic E-state index is 0.691. The molecule has 9 rings (SSSR count). The number of hydrogen-bond acceptors (Lipinski definition) is 5. The van der Waals surface area contributed by atoms with Crippen LogP contribution in [0.15, 0.2) is 200 Å². The zero-order chi connectivity index (χ0) is 36.1. The van der Waals surface area contributed by atoms with Gasteiger partial charge in [0.25, 0.3) is 0 Å². The lowest BCUT2D eigenvalue weighted by atomic mass is 9.99. The van der Waals surface area contributed by atoms with Gasteiger partial charge in [0.05, 0.1) is 34.2 Å². The summed E-state index contributed by atoms with van der Waals surface area (Å²) in [5.41, 5.74) is 14.6. The average molecular weight is 692 g/mol. The van der Waals surface area contributed by atoms with E-state index in [9.17, 15) is 0 Å². The highest BCUT2D eigenvalue weighted by Gasteiger charge is 2.13. The molecule has 5 heteroatoms. The Labute approximate surface area is 314 Å². The van der Waals surface area contributed by atoms with Crippen LogP contribution in [0.4, 0.5) is 0 Å². The summed E-state index contributed by atoms with van der Waals surface area (Å²) in [5.74, 6) is 0.691. The van der Waals surface area contributed by atoms with Crippen molar-refractivity contribution in [2.45, 2.75) is 0 Å². The van der Waals surface area contributed by atoms with Crippen LogP contribution in [0.1, 0.15) is 0 Å². The lowest BCUT2D eigenvalue weighted by Crippen LogP contribution is -1.96. The van der Waals surface area contributed by atoms with E-state index in [0.717, 1.165) is 84.2 Å². The van der Waals surface area contributed by atoms with Gasteiger partial charge in [-0.3, -0.25) is 9.97 Å². The minimum Gasteiger partial charge on any atom is -0.255 e. The number of hydrogen-bond donors (Lipinski definition) is 0. The zero-order valence-corrected chi connectivity index (χ0v) is 29.3. The molecule has 4 aromatic heterocycles. The molecule has 5 nitrogen and oxygen atoms in total. The first kappa shape index (κ1) is 32.5. The van der Waals surface area contributed by atoms with E-state index in [1.165, 1.54) is 0 Å². The summed E-state index contributed by atoms with van der Waals surface area (Å²) in [6.07, 6.45) is 3.71. The Morgan fingerprint density at radius 2 is 0.741 bits per heavy atom. The van der Waals surface area contributed by atoms with Crippen molar-refractivity contribution in [1.82, 2.24) is 24.9 Å². The molecule has 54 heavy (non-hydrogen) atoms. The molecule has 0 saturated heterocycles. The van der Waals surface area contributed by atoms with Crippen LogP contribution in [-0.2, 0) is 0 Å². The van der Waals surface area contributed by atoms with Gasteiger partial charge in [-0.2, -0.15) is 0 Å². The molecule has 5 aromatic carbocycles. The van der Waals surface area contributed by atoms with Gasteiger partial charge in [0.1, 0.15) is 0 Å². The lowest BCUT2D eigenvalue weighted by Gasteiger charge is -2.11. The lowest BCUT2D eigenvalue weighted by molar-refractivity contribution is 1.18. The Balaban J connectivity index is 1.00. The molecule has 0 aliphatic carbocycles. The van der Waals surface area contributed by atoms with Gasteiger partial charge >= 0.3 is 0 Å². The normalized spacial score (nSPS) is 11.0. The molecule has 0 radical (unpaired) electrons. The van der Waals surface area contributed by atoms with E-state index in [2.05, 4.69) is 114 Å². The van der Waals surface area contributed by atoms with Crippen molar-refractivity contribution < 1.29 is 0 Å². The van der Waals surface area contributed by atoms with E-state index in [4.69, 9.17) is 19.9 Å². The summed E-state index contributed by atoms with van der Waals surface area (Å²) in [7, 11) is 0. The summed E-state index contributed by atoms with van der Waals surface area (Å²) < 4.78 is 0. The molecule has 0 amide bonds. The average Bonchev–Trinajstić information content (AvgIpc) is 3.27. The highest BCUT2D eigenvalue weighted by atomic mass is 14.9. The molecule has 4 heterocycles. The fourth-order valence-corrected chi connectivity index (χ4v) is 6.60. The molecule has 0 unspecified atom stereocenters. The summed E-state index contributed by atoms with van der Waals surface area (Å²) in [5, 5.41) is 0. The largest absolute Gasteiger partial charge is 0.255 e. The van der Waals surface area contributed by atoms with Gasteiger partial charge in [0.15, 0.2) is 5.82 Å². The van der Waals surface area contributed by atoms with Gasteiger partial charge < -0.3 is 0 Å². The molecule has 0 aliphatic rings. The molecule has 0 spiro atoms. The van der Waals surface area contributed by atoms with Crippen LogP contribution < -0.4 is 0 Å². The zero-order valence-electron chi connectivity index (χ0n) is 29.3. The van der Waals surface area contributed by atoms with Crippen LogP contribution in [0.3, 0.4) is 0 Å². The van der Waals surface area contributed by atoms with Gasteiger partial charge in [-0.25, -0.2) is 15.0 Å². The van der Waals surface area contributed by atoms with Crippen LogP contribution in [0.5, 0.6) is 0 Å². The minimum atomic E-state index is 0.691. The molecule has 0 atom stereocenters. The van der Waals surface area contributed by atoms with Gasteiger partial charge in [-0.05, 0) is 70.3 Å². The number of pyridine rings is 3. The number of rotatable bonds is 8. The smallest absolute Gasteiger partial charge is 0.160 e. The van der Waals surface area contributed by atoms with Gasteiger partial charge in [-0.1, -0.05) is 146 Å². The highest BCUT2D eigenvalue weighted by molar-refractivity contribution is 5.78. The first-order chi connectivity index (χ1) is 26.7. The summed E-state index contributed by atoms with van der Waals surface area (Å²) in [4.78, 5) is 24.5. The Morgan fingerprint density at radius 1 is 0.241 bits per heavy atom. The molecule has 0 N–H and O–H groups in total. The van der Waals surface area contributed by atoms with Crippen molar-refractivity contribution in [2.24, 2.45) is 0 Å². The van der Waals surface area contributed by atoms with Crippen LogP contribution >= 0.6 is 0 Å². The summed E-state index contributed by atoms with van der Waals surface area (Å²) in [6.45, 7) is 0. The van der Waals surface area contributed by atoms with E-state index in [-0.39, 0.29) is 0 Å². The van der Waals surface area contributed by atoms with E-state index in [0.29, 0.717) is 5.82 Å². The van der Waals surface area contributed by atoms with Crippen LogP contribution in [0.25, 0.3) is 90.1 Å². The Hall–Kier alpha value is -7.37. The van der Waals surface area contributed by atoms with Crippen molar-refractivity contribution >= 4 is 0 Å². The maximum atomic E-state index is 5.03. The Morgan fingerprint density at radius 3 is 1.31 bits per heavy atom. The topological polar surface area (TPSA) is 64.5 Å². The second kappa shape index (κ2) is 14.7. The molecular formula is C49H33N5. The quantitative estimate of drug-likeness (QED) is 0.159. The molecule has 9 aromatic rings. The van der Waals surface area contributed by atoms with Crippen molar-refractivity contribution in [2.75, 3.05) is 0 Å². The Bertz CT molecular complexity index is 2550. The Kier molecular flexibility index (Phi) is 8.86. The molecule has 0 bridgehead atoms. The predicted molar refractivity (Wildman–Crippen MR) is 219 cm³/mol. The van der Waals surface area contributed by atoms with Gasteiger partial charge in [0, 0.05) is 34.6 Å². The highest BCUT2D eigenvalue weighted by Crippen LogP contribution is 2.33. The third-order valence-electron chi connectivity index (χ3n) is 9.42. The third kappa shape index (κ3) is 6.94. The monoisotopic (exact) mass is 691 g/mol. The second-order valence-corrected chi connectivity index (χ2v) is 13.0. The van der Waals surface area contributed by atoms with Gasteiger partial charge in [-0.15, -0.1) is 0 Å². The molecular weight excluding hydrogens is 659 g/mol. The van der Waals surface area contributed by atoms with E-state index in [1.807, 2.05) is 85.1 Å². The maximum absolute atomic E-state index is 5.03. The van der Waals surface area contributed by atoms with Gasteiger partial charge in [0.2, 0.25) is 0 Å². The second-order valence-electron chi connectivity index (χ2n) is 13.0. The van der Waals surface area contributed by atoms with Crippen LogP contribution in [-0.4, -0.2) is 24.9 Å². The first-order valence-electron chi connectivity index (χ1n) is 17.9. The fourth-order valence-electron chi connectivity index (χ4n) is 6.60. The van der Waals surface area contributed by atoms with Crippen LogP contribution in [0, 0.1) is 0 Å².